The number of carboxylic acid groups (broad SMARTS) is 1. The SMILES string of the molecule is CCOc1cccc([C@H]2C3=CC[C@@H]4C(=O)N(CCCCCC(=O)O)C(=O)[C@@H]4[C@@H]3C[C@H]3C(=O)N(Nc4ncc(C(F)(F)F)cc4Cl)C(=O)[C@@]23c2ccc(Cl)cc2)c1O. The number of para-hydroxylation sites is 1. The van der Waals surface area contributed by atoms with Gasteiger partial charge in [-0.1, -0.05) is 65.5 Å². The third kappa shape index (κ3) is 6.77. The molecule has 6 atom stereocenters. The van der Waals surface area contributed by atoms with Crippen molar-refractivity contribution >= 4 is 58.6 Å². The van der Waals surface area contributed by atoms with Gasteiger partial charge in [0.1, 0.15) is 0 Å². The van der Waals surface area contributed by atoms with Gasteiger partial charge in [0.2, 0.25) is 11.8 Å². The second kappa shape index (κ2) is 15.3. The number of nitrogens with zero attached hydrogens (tertiary/aromatic N) is 3. The molecule has 0 unspecified atom stereocenters. The number of aliphatic carboxylic acids is 1. The van der Waals surface area contributed by atoms with Crippen LogP contribution in [0.2, 0.25) is 10.0 Å². The quantitative estimate of drug-likeness (QED) is 0.0971. The number of amides is 4. The maximum Gasteiger partial charge on any atom is 0.417 e. The zero-order chi connectivity index (χ0) is 41.0. The first-order chi connectivity index (χ1) is 27.1. The van der Waals surface area contributed by atoms with Gasteiger partial charge in [0, 0.05) is 35.7 Å². The van der Waals surface area contributed by atoms with Crippen molar-refractivity contribution in [3.63, 3.8) is 0 Å². The predicted octanol–water partition coefficient (Wildman–Crippen LogP) is 7.14. The fourth-order valence-corrected chi connectivity index (χ4v) is 9.51. The Bertz CT molecular complexity index is 2180. The number of imide groups is 2. The van der Waals surface area contributed by atoms with Gasteiger partial charge in [-0.05, 0) is 68.4 Å². The number of benzene rings is 2. The van der Waals surface area contributed by atoms with E-state index in [1.807, 2.05) is 0 Å². The van der Waals surface area contributed by atoms with Gasteiger partial charge < -0.3 is 14.9 Å². The van der Waals surface area contributed by atoms with Crippen molar-refractivity contribution in [1.29, 1.82) is 0 Å². The van der Waals surface area contributed by atoms with Crippen molar-refractivity contribution in [1.82, 2.24) is 14.9 Å². The van der Waals surface area contributed by atoms with E-state index >= 15 is 4.79 Å². The number of pyridine rings is 1. The van der Waals surface area contributed by atoms with Crippen LogP contribution in [0.25, 0.3) is 0 Å². The number of aromatic hydroxyl groups is 1. The summed E-state index contributed by atoms with van der Waals surface area (Å²) in [5.41, 5.74) is 0.667. The number of hydrogen-bond donors (Lipinski definition) is 3. The fourth-order valence-electron chi connectivity index (χ4n) is 9.18. The molecule has 0 spiro atoms. The summed E-state index contributed by atoms with van der Waals surface area (Å²) in [6.45, 7) is 1.99. The summed E-state index contributed by atoms with van der Waals surface area (Å²) < 4.78 is 46.2. The van der Waals surface area contributed by atoms with Crippen molar-refractivity contribution in [2.45, 2.75) is 63.0 Å². The van der Waals surface area contributed by atoms with E-state index in [9.17, 15) is 37.5 Å². The van der Waals surface area contributed by atoms with Gasteiger partial charge in [0.25, 0.3) is 11.8 Å². The molecule has 3 heterocycles. The minimum absolute atomic E-state index is 0.0439. The molecule has 1 saturated carbocycles. The molecule has 3 aromatic rings. The number of nitrogens with one attached hydrogen (secondary N) is 1. The van der Waals surface area contributed by atoms with Gasteiger partial charge in [-0.3, -0.25) is 34.3 Å². The summed E-state index contributed by atoms with van der Waals surface area (Å²) in [6.07, 6.45) is -1.22. The number of alkyl halides is 3. The first kappa shape index (κ1) is 40.1. The molecule has 2 saturated heterocycles. The van der Waals surface area contributed by atoms with E-state index < -0.39 is 81.3 Å². The number of hydrazine groups is 1. The Hall–Kier alpha value is -5.15. The zero-order valence-corrected chi connectivity index (χ0v) is 31.9. The number of aromatic nitrogens is 1. The van der Waals surface area contributed by atoms with E-state index in [-0.39, 0.29) is 55.4 Å². The molecular weight excluding hydrogens is 792 g/mol. The number of rotatable bonds is 12. The molecular formula is C40H37Cl2F3N4O8. The summed E-state index contributed by atoms with van der Waals surface area (Å²) in [5, 5.41) is 21.4. The van der Waals surface area contributed by atoms with Crippen molar-refractivity contribution in [3.05, 3.63) is 93.1 Å². The number of phenols is 1. The first-order valence-corrected chi connectivity index (χ1v) is 19.2. The number of hydrogen-bond acceptors (Lipinski definition) is 9. The maximum absolute atomic E-state index is 15.3. The third-order valence-corrected chi connectivity index (χ3v) is 12.1. The van der Waals surface area contributed by atoms with Gasteiger partial charge >= 0.3 is 12.1 Å². The van der Waals surface area contributed by atoms with Crippen molar-refractivity contribution in [3.8, 4) is 11.5 Å². The van der Waals surface area contributed by atoms with E-state index in [4.69, 9.17) is 33.0 Å². The number of carbonyl (C=O) groups is 5. The summed E-state index contributed by atoms with van der Waals surface area (Å²) >= 11 is 12.6. The van der Waals surface area contributed by atoms with Gasteiger partial charge in [0.05, 0.1) is 40.4 Å². The average molecular weight is 830 g/mol. The minimum Gasteiger partial charge on any atom is -0.504 e. The van der Waals surface area contributed by atoms with Crippen LogP contribution in [0.4, 0.5) is 19.0 Å². The first-order valence-electron chi connectivity index (χ1n) is 18.5. The lowest BCUT2D eigenvalue weighted by atomic mass is 9.49. The second-order valence-corrected chi connectivity index (χ2v) is 15.4. The number of phenolic OH excluding ortho intramolecular Hbond substituents is 1. The highest BCUT2D eigenvalue weighted by molar-refractivity contribution is 6.33. The topological polar surface area (TPSA) is 166 Å². The molecule has 2 aromatic carbocycles. The molecule has 1 aromatic heterocycles. The summed E-state index contributed by atoms with van der Waals surface area (Å²) in [7, 11) is 0. The lowest BCUT2D eigenvalue weighted by molar-refractivity contribution is -0.141. The van der Waals surface area contributed by atoms with Crippen LogP contribution in [-0.4, -0.2) is 67.9 Å². The highest BCUT2D eigenvalue weighted by Crippen LogP contribution is 2.65. The minimum atomic E-state index is -4.77. The number of ether oxygens (including phenoxy) is 1. The maximum atomic E-state index is 15.3. The lowest BCUT2D eigenvalue weighted by Crippen LogP contribution is -2.53. The Labute approximate surface area is 334 Å². The Morgan fingerprint density at radius 2 is 1.75 bits per heavy atom. The van der Waals surface area contributed by atoms with Crippen LogP contribution in [0.1, 0.15) is 68.1 Å². The zero-order valence-electron chi connectivity index (χ0n) is 30.4. The molecule has 12 nitrogen and oxygen atoms in total. The number of likely N-dealkylation sites (tertiary alicyclic amines) is 1. The normalized spacial score (nSPS) is 25.6. The van der Waals surface area contributed by atoms with Gasteiger partial charge in [-0.2, -0.15) is 18.2 Å². The Kier molecular flexibility index (Phi) is 10.8. The molecule has 17 heteroatoms. The number of unbranched alkanes of at least 4 members (excludes halogenated alkanes) is 2. The summed E-state index contributed by atoms with van der Waals surface area (Å²) in [4.78, 5) is 74.3. The largest absolute Gasteiger partial charge is 0.504 e. The van der Waals surface area contributed by atoms with E-state index in [2.05, 4.69) is 10.4 Å². The van der Waals surface area contributed by atoms with E-state index in [1.165, 1.54) is 4.90 Å². The standard InChI is InChI=1S/C40H37Cl2F3N4O8/c1-2-57-29-8-6-7-25(33(29)52)32-23-14-15-24-31(37(55)48(35(24)53)16-5-3-4-9-30(50)51)26(23)18-27-36(54)49(38(56)39(27,32)20-10-12-22(41)13-11-20)47-34-28(42)17-21(19-46-34)40(43,44)45/h6-8,10-14,17,19,24,26-27,31-32,52H,2-5,9,15-16,18H2,1H3,(H,46,47)(H,50,51)/t24-,26+,27-,31-,32+,39+/m0/s1. The van der Waals surface area contributed by atoms with E-state index in [1.54, 1.807) is 55.5 Å². The Morgan fingerprint density at radius 3 is 2.42 bits per heavy atom. The molecule has 3 fully saturated rings. The van der Waals surface area contributed by atoms with Crippen LogP contribution < -0.4 is 10.2 Å². The molecule has 2 aliphatic carbocycles. The smallest absolute Gasteiger partial charge is 0.417 e. The molecule has 57 heavy (non-hydrogen) atoms. The number of anilines is 1. The molecule has 0 bridgehead atoms. The van der Waals surface area contributed by atoms with Crippen LogP contribution in [0.15, 0.2) is 66.4 Å². The highest BCUT2D eigenvalue weighted by atomic mass is 35.5. The van der Waals surface area contributed by atoms with Crippen LogP contribution in [0.3, 0.4) is 0 Å². The van der Waals surface area contributed by atoms with Crippen molar-refractivity contribution < 1.29 is 52.1 Å². The molecule has 2 aliphatic heterocycles. The van der Waals surface area contributed by atoms with Crippen LogP contribution in [0, 0.1) is 23.7 Å². The van der Waals surface area contributed by atoms with Crippen molar-refractivity contribution in [2.24, 2.45) is 23.7 Å². The predicted molar refractivity (Wildman–Crippen MR) is 199 cm³/mol. The van der Waals surface area contributed by atoms with E-state index in [0.29, 0.717) is 52.7 Å². The molecule has 0 radical (unpaired) electrons. The summed E-state index contributed by atoms with van der Waals surface area (Å²) in [5.74, 6) is -8.88. The number of carbonyl (C=O) groups excluding carboxylic acids is 4. The molecule has 3 N–H and O–H groups in total. The lowest BCUT2D eigenvalue weighted by Gasteiger charge is -2.50. The monoisotopic (exact) mass is 828 g/mol. The second-order valence-electron chi connectivity index (χ2n) is 14.6. The van der Waals surface area contributed by atoms with Crippen LogP contribution in [-0.2, 0) is 35.6 Å². The van der Waals surface area contributed by atoms with E-state index in [0.717, 1.165) is 0 Å². The highest BCUT2D eigenvalue weighted by Gasteiger charge is 2.70. The molecule has 7 rings (SSSR count). The molecule has 300 valence electrons. The number of halogens is 5. The van der Waals surface area contributed by atoms with Gasteiger partial charge in [-0.25, -0.2) is 4.98 Å². The number of allylic oxidation sites excluding steroid dienone is 2. The molecule has 4 amide bonds. The van der Waals surface area contributed by atoms with Gasteiger partial charge in [-0.15, -0.1) is 0 Å². The fraction of sp³-hybridized carbons (Fsp3) is 0.400. The summed E-state index contributed by atoms with van der Waals surface area (Å²) in [6, 6.07) is 11.7. The average Bonchev–Trinajstić information content (AvgIpc) is 3.53. The molecule has 4 aliphatic rings. The van der Waals surface area contributed by atoms with Crippen molar-refractivity contribution in [2.75, 3.05) is 18.6 Å². The Balaban J connectivity index is 1.37. The van der Waals surface area contributed by atoms with Gasteiger partial charge in [0.15, 0.2) is 17.3 Å². The van der Waals surface area contributed by atoms with Crippen LogP contribution >= 0.6 is 23.2 Å². The third-order valence-electron chi connectivity index (χ3n) is 11.6. The van der Waals surface area contributed by atoms with Crippen LogP contribution in [0.5, 0.6) is 11.5 Å². The Morgan fingerprint density at radius 1 is 1.02 bits per heavy atom. The number of carboxylic acids is 1. The number of fused-ring (bicyclic) bond motifs is 4.